The van der Waals surface area contributed by atoms with Crippen LogP contribution in [0, 0.1) is 22.7 Å². The van der Waals surface area contributed by atoms with Gasteiger partial charge in [-0.05, 0) is 11.6 Å². The van der Waals surface area contributed by atoms with Crippen molar-refractivity contribution < 1.29 is 0 Å². The van der Waals surface area contributed by atoms with Crippen LogP contribution in [-0.2, 0) is 6.54 Å². The van der Waals surface area contributed by atoms with Gasteiger partial charge in [0.15, 0.2) is 11.4 Å². The summed E-state index contributed by atoms with van der Waals surface area (Å²) in [6.45, 7) is 0.696. The molecule has 1 unspecified atom stereocenters. The lowest BCUT2D eigenvalue weighted by Gasteiger charge is -2.11. The molecule has 0 N–H and O–H groups in total. The van der Waals surface area contributed by atoms with E-state index in [1.165, 1.54) is 10.5 Å². The molecule has 4 nitrogen and oxygen atoms in total. The third-order valence-electron chi connectivity index (χ3n) is 3.27. The molecule has 0 saturated carbocycles. The van der Waals surface area contributed by atoms with Crippen LogP contribution in [0.5, 0.6) is 0 Å². The van der Waals surface area contributed by atoms with Crippen molar-refractivity contribution in [3.8, 4) is 12.1 Å². The number of nitrogens with zero attached hydrogens (tertiary/aromatic N) is 4. The van der Waals surface area contributed by atoms with Gasteiger partial charge in [-0.2, -0.15) is 10.5 Å². The van der Waals surface area contributed by atoms with Crippen LogP contribution in [0.4, 0.5) is 0 Å². The van der Waals surface area contributed by atoms with Crippen molar-refractivity contribution in [2.24, 2.45) is 0 Å². The molecule has 5 heteroatoms. The van der Waals surface area contributed by atoms with Crippen LogP contribution in [0.25, 0.3) is 0 Å². The molecule has 1 aromatic carbocycles. The molecule has 92 valence electrons. The summed E-state index contributed by atoms with van der Waals surface area (Å²) in [4.78, 5) is 5.29. The number of aromatic nitrogens is 2. The predicted molar refractivity (Wildman–Crippen MR) is 71.6 cm³/mol. The van der Waals surface area contributed by atoms with Crippen molar-refractivity contribution in [2.75, 3.05) is 5.75 Å². The van der Waals surface area contributed by atoms with Gasteiger partial charge in [0.05, 0.1) is 6.33 Å². The van der Waals surface area contributed by atoms with Crippen molar-refractivity contribution in [2.45, 2.75) is 17.4 Å². The molecule has 1 aliphatic rings. The Morgan fingerprint density at radius 2 is 2.16 bits per heavy atom. The Morgan fingerprint density at radius 3 is 2.95 bits per heavy atom. The molecule has 1 aliphatic heterocycles. The Morgan fingerprint density at radius 1 is 1.32 bits per heavy atom. The van der Waals surface area contributed by atoms with Crippen molar-refractivity contribution >= 4 is 11.8 Å². The molecular weight excluding hydrogens is 256 g/mol. The minimum absolute atomic E-state index is 0.210. The minimum Gasteiger partial charge on any atom is -0.321 e. The first-order valence-corrected chi connectivity index (χ1v) is 6.89. The summed E-state index contributed by atoms with van der Waals surface area (Å²) in [5.74, 6) is 1.37. The van der Waals surface area contributed by atoms with Crippen molar-refractivity contribution in [3.05, 3.63) is 47.5 Å². The molecule has 19 heavy (non-hydrogen) atoms. The molecule has 2 heterocycles. The fraction of sp³-hybridized carbons (Fsp3) is 0.214. The molecule has 0 amide bonds. The molecule has 0 aliphatic carbocycles. The Balaban J connectivity index is 1.91. The quantitative estimate of drug-likeness (QED) is 0.837. The Bertz CT molecular complexity index is 705. The summed E-state index contributed by atoms with van der Waals surface area (Å²) in [5, 5.41) is 18.0. The number of hydrogen-bond acceptors (Lipinski definition) is 4. The van der Waals surface area contributed by atoms with Crippen LogP contribution in [0.1, 0.15) is 22.9 Å². The SMILES string of the molecule is N#Cc1ncn(CC2CSc3ccccc32)c1C#N. The van der Waals surface area contributed by atoms with Crippen LogP contribution in [0.2, 0.25) is 0 Å². The van der Waals surface area contributed by atoms with Gasteiger partial charge in [0.1, 0.15) is 12.1 Å². The highest BCUT2D eigenvalue weighted by Crippen LogP contribution is 2.40. The van der Waals surface area contributed by atoms with E-state index in [0.717, 1.165) is 5.75 Å². The lowest BCUT2D eigenvalue weighted by molar-refractivity contribution is 0.600. The zero-order valence-electron chi connectivity index (χ0n) is 10.1. The number of hydrogen-bond donors (Lipinski definition) is 0. The highest BCUT2D eigenvalue weighted by molar-refractivity contribution is 7.99. The van der Waals surface area contributed by atoms with E-state index in [4.69, 9.17) is 10.5 Å². The third-order valence-corrected chi connectivity index (χ3v) is 4.52. The average Bonchev–Trinajstić information content (AvgIpc) is 3.03. The van der Waals surface area contributed by atoms with E-state index in [2.05, 4.69) is 23.2 Å². The number of rotatable bonds is 2. The maximum atomic E-state index is 9.12. The second-order valence-electron chi connectivity index (χ2n) is 4.36. The van der Waals surface area contributed by atoms with E-state index in [-0.39, 0.29) is 5.69 Å². The number of imidazole rings is 1. The fourth-order valence-electron chi connectivity index (χ4n) is 2.34. The van der Waals surface area contributed by atoms with Gasteiger partial charge >= 0.3 is 0 Å². The predicted octanol–water partition coefficient (Wildman–Crippen LogP) is 2.52. The molecule has 2 aromatic rings. The second kappa shape index (κ2) is 4.79. The minimum atomic E-state index is 0.210. The van der Waals surface area contributed by atoms with Crippen LogP contribution in [0.15, 0.2) is 35.5 Å². The summed E-state index contributed by atoms with van der Waals surface area (Å²) in [5.41, 5.74) is 1.89. The molecule has 0 fully saturated rings. The summed E-state index contributed by atoms with van der Waals surface area (Å²) in [6, 6.07) is 12.4. The standard InChI is InChI=1S/C14H10N4S/c15-5-12-13(6-16)18(9-17-12)7-10-8-19-14-4-2-1-3-11(10)14/h1-4,9-10H,7-8H2. The van der Waals surface area contributed by atoms with E-state index in [1.54, 1.807) is 10.9 Å². The van der Waals surface area contributed by atoms with E-state index < -0.39 is 0 Å². The fourth-order valence-corrected chi connectivity index (χ4v) is 3.58. The Kier molecular flexibility index (Phi) is 2.98. The zero-order valence-corrected chi connectivity index (χ0v) is 10.9. The normalized spacial score (nSPS) is 16.6. The van der Waals surface area contributed by atoms with Gasteiger partial charge < -0.3 is 4.57 Å². The summed E-state index contributed by atoms with van der Waals surface area (Å²) >= 11 is 1.84. The van der Waals surface area contributed by atoms with Gasteiger partial charge in [-0.3, -0.25) is 0 Å². The maximum Gasteiger partial charge on any atom is 0.176 e. The number of nitriles is 2. The number of fused-ring (bicyclic) bond motifs is 1. The summed E-state index contributed by atoms with van der Waals surface area (Å²) < 4.78 is 1.78. The molecule has 0 bridgehead atoms. The summed E-state index contributed by atoms with van der Waals surface area (Å²) in [7, 11) is 0. The van der Waals surface area contributed by atoms with Gasteiger partial charge in [0.2, 0.25) is 0 Å². The Labute approximate surface area is 115 Å². The van der Waals surface area contributed by atoms with Crippen molar-refractivity contribution in [3.63, 3.8) is 0 Å². The lowest BCUT2D eigenvalue weighted by atomic mass is 10.0. The highest BCUT2D eigenvalue weighted by Gasteiger charge is 2.24. The highest BCUT2D eigenvalue weighted by atomic mass is 32.2. The number of thioether (sulfide) groups is 1. The van der Waals surface area contributed by atoms with Gasteiger partial charge in [-0.1, -0.05) is 18.2 Å². The van der Waals surface area contributed by atoms with Gasteiger partial charge in [0, 0.05) is 23.1 Å². The maximum absolute atomic E-state index is 9.12. The van der Waals surface area contributed by atoms with Gasteiger partial charge in [0.25, 0.3) is 0 Å². The molecule has 0 radical (unpaired) electrons. The average molecular weight is 266 g/mol. The molecule has 1 aromatic heterocycles. The van der Waals surface area contributed by atoms with E-state index in [0.29, 0.717) is 18.2 Å². The summed E-state index contributed by atoms with van der Waals surface area (Å²) in [6.07, 6.45) is 1.59. The monoisotopic (exact) mass is 266 g/mol. The van der Waals surface area contributed by atoms with Crippen molar-refractivity contribution in [1.29, 1.82) is 10.5 Å². The topological polar surface area (TPSA) is 65.4 Å². The smallest absolute Gasteiger partial charge is 0.176 e. The van der Waals surface area contributed by atoms with E-state index in [1.807, 2.05) is 30.0 Å². The van der Waals surface area contributed by atoms with Crippen LogP contribution >= 0.6 is 11.8 Å². The van der Waals surface area contributed by atoms with Crippen molar-refractivity contribution in [1.82, 2.24) is 9.55 Å². The Hall–Kier alpha value is -2.24. The number of benzene rings is 1. The van der Waals surface area contributed by atoms with E-state index >= 15 is 0 Å². The molecule has 3 rings (SSSR count). The molecular formula is C14H10N4S. The first-order valence-electron chi connectivity index (χ1n) is 5.90. The second-order valence-corrected chi connectivity index (χ2v) is 5.43. The first kappa shape index (κ1) is 11.8. The third kappa shape index (κ3) is 1.99. The van der Waals surface area contributed by atoms with Crippen LogP contribution in [0.3, 0.4) is 0 Å². The lowest BCUT2D eigenvalue weighted by Crippen LogP contribution is -2.09. The molecule has 0 spiro atoms. The molecule has 1 atom stereocenters. The largest absolute Gasteiger partial charge is 0.321 e. The van der Waals surface area contributed by atoms with Gasteiger partial charge in [-0.15, -0.1) is 11.8 Å². The molecule has 0 saturated heterocycles. The van der Waals surface area contributed by atoms with E-state index in [9.17, 15) is 0 Å². The van der Waals surface area contributed by atoms with Crippen LogP contribution < -0.4 is 0 Å². The van der Waals surface area contributed by atoms with Gasteiger partial charge in [-0.25, -0.2) is 4.98 Å². The van der Waals surface area contributed by atoms with Crippen LogP contribution in [-0.4, -0.2) is 15.3 Å². The first-order chi connectivity index (χ1) is 9.33. The zero-order chi connectivity index (χ0) is 13.2.